The van der Waals surface area contributed by atoms with Crippen LogP contribution in [-0.2, 0) is 11.3 Å². The standard InChI is InChI=1S/C27H30FN9O2/c28-21-7-18(8-22(12-21)35-23-15-31-32-16-23)13-29-3-1-2-5-39-6-4-30-25-9-19(10-26-24(25)17-34-36-26)20-11-27(38)37-33-14-20/h7-12,14-17,29-30,35H,1-6,13H2,(H,31,32)(H,34,36)(H,37,38). The van der Waals surface area contributed by atoms with Crippen LogP contribution in [0.4, 0.5) is 21.5 Å². The number of ether oxygens (including phenoxy) is 1. The van der Waals surface area contributed by atoms with Crippen molar-refractivity contribution in [3.05, 3.63) is 82.9 Å². The number of nitrogens with one attached hydrogen (secondary N) is 6. The summed E-state index contributed by atoms with van der Waals surface area (Å²) in [5, 5.41) is 30.9. The van der Waals surface area contributed by atoms with Crippen molar-refractivity contribution < 1.29 is 9.13 Å². The first kappa shape index (κ1) is 26.1. The molecule has 0 aliphatic rings. The molecular formula is C27H30FN9O2. The lowest BCUT2D eigenvalue weighted by atomic mass is 10.1. The molecule has 0 aliphatic carbocycles. The molecule has 2 aromatic carbocycles. The minimum absolute atomic E-state index is 0.253. The summed E-state index contributed by atoms with van der Waals surface area (Å²) >= 11 is 0. The van der Waals surface area contributed by atoms with Gasteiger partial charge in [0.25, 0.3) is 5.56 Å². The summed E-state index contributed by atoms with van der Waals surface area (Å²) in [7, 11) is 0. The van der Waals surface area contributed by atoms with Gasteiger partial charge in [0.15, 0.2) is 0 Å². The lowest BCUT2D eigenvalue weighted by Crippen LogP contribution is -2.16. The van der Waals surface area contributed by atoms with Gasteiger partial charge in [-0.2, -0.15) is 15.3 Å². The predicted octanol–water partition coefficient (Wildman–Crippen LogP) is 3.92. The van der Waals surface area contributed by atoms with Crippen molar-refractivity contribution in [2.45, 2.75) is 19.4 Å². The predicted molar refractivity (Wildman–Crippen MR) is 148 cm³/mol. The topological polar surface area (TPSA) is 148 Å². The first-order chi connectivity index (χ1) is 19.1. The van der Waals surface area contributed by atoms with Crippen molar-refractivity contribution in [2.75, 3.05) is 36.9 Å². The summed E-state index contributed by atoms with van der Waals surface area (Å²) < 4.78 is 19.8. The van der Waals surface area contributed by atoms with E-state index in [4.69, 9.17) is 4.74 Å². The van der Waals surface area contributed by atoms with Crippen molar-refractivity contribution in [1.82, 2.24) is 35.9 Å². The van der Waals surface area contributed by atoms with Gasteiger partial charge in [0.1, 0.15) is 5.82 Å². The van der Waals surface area contributed by atoms with Gasteiger partial charge in [0.05, 0.1) is 36.4 Å². The quantitative estimate of drug-likeness (QED) is 0.118. The van der Waals surface area contributed by atoms with Gasteiger partial charge in [0, 0.05) is 54.3 Å². The zero-order chi connectivity index (χ0) is 26.9. The van der Waals surface area contributed by atoms with E-state index in [9.17, 15) is 9.18 Å². The van der Waals surface area contributed by atoms with E-state index in [1.54, 1.807) is 24.8 Å². The van der Waals surface area contributed by atoms with Gasteiger partial charge in [-0.05, 0) is 60.8 Å². The molecule has 0 amide bonds. The lowest BCUT2D eigenvalue weighted by molar-refractivity contribution is 0.140. The van der Waals surface area contributed by atoms with Crippen molar-refractivity contribution in [3.8, 4) is 11.1 Å². The molecule has 11 nitrogen and oxygen atoms in total. The second kappa shape index (κ2) is 12.8. The van der Waals surface area contributed by atoms with Crippen molar-refractivity contribution in [3.63, 3.8) is 0 Å². The lowest BCUT2D eigenvalue weighted by Gasteiger charge is -2.11. The van der Waals surface area contributed by atoms with Crippen LogP contribution >= 0.6 is 0 Å². The minimum atomic E-state index is -0.283. The van der Waals surface area contributed by atoms with Crippen LogP contribution in [0.5, 0.6) is 0 Å². The number of hydrogen-bond acceptors (Lipinski definition) is 8. The highest BCUT2D eigenvalue weighted by molar-refractivity contribution is 5.95. The second-order valence-electron chi connectivity index (χ2n) is 9.07. The first-order valence-electron chi connectivity index (χ1n) is 12.7. The Balaban J connectivity index is 0.998. The number of hydrogen-bond donors (Lipinski definition) is 6. The van der Waals surface area contributed by atoms with Gasteiger partial charge in [-0.1, -0.05) is 0 Å². The number of nitrogens with zero attached hydrogens (tertiary/aromatic N) is 3. The van der Waals surface area contributed by atoms with E-state index in [1.807, 2.05) is 18.2 Å². The zero-order valence-electron chi connectivity index (χ0n) is 21.3. The Kier molecular flexibility index (Phi) is 8.56. The van der Waals surface area contributed by atoms with Crippen LogP contribution in [0.2, 0.25) is 0 Å². The smallest absolute Gasteiger partial charge is 0.264 e. The van der Waals surface area contributed by atoms with Crippen LogP contribution in [0.25, 0.3) is 22.0 Å². The maximum Gasteiger partial charge on any atom is 0.264 e. The summed E-state index contributed by atoms with van der Waals surface area (Å²) in [6, 6.07) is 10.4. The van der Waals surface area contributed by atoms with E-state index in [1.165, 1.54) is 18.2 Å². The highest BCUT2D eigenvalue weighted by Crippen LogP contribution is 2.29. The molecule has 3 aromatic heterocycles. The number of H-pyrrole nitrogens is 3. The number of unbranched alkanes of at least 4 members (excludes halogenated alkanes) is 1. The summed E-state index contributed by atoms with van der Waals surface area (Å²) in [5.41, 5.74) is 5.45. The fourth-order valence-corrected chi connectivity index (χ4v) is 4.26. The summed E-state index contributed by atoms with van der Waals surface area (Å²) in [5.74, 6) is -0.283. The molecule has 3 heterocycles. The molecule has 0 radical (unpaired) electrons. The maximum atomic E-state index is 14.0. The van der Waals surface area contributed by atoms with Gasteiger partial charge in [-0.3, -0.25) is 15.0 Å². The highest BCUT2D eigenvalue weighted by Gasteiger charge is 2.08. The average Bonchev–Trinajstić information content (AvgIpc) is 3.61. The van der Waals surface area contributed by atoms with E-state index < -0.39 is 0 Å². The Bertz CT molecular complexity index is 1550. The highest BCUT2D eigenvalue weighted by atomic mass is 19.1. The molecular weight excluding hydrogens is 501 g/mol. The Morgan fingerprint density at radius 2 is 1.77 bits per heavy atom. The van der Waals surface area contributed by atoms with Crippen LogP contribution in [0, 0.1) is 5.82 Å². The van der Waals surface area contributed by atoms with E-state index in [2.05, 4.69) is 46.5 Å². The van der Waals surface area contributed by atoms with Crippen LogP contribution in [0.1, 0.15) is 18.4 Å². The fourth-order valence-electron chi connectivity index (χ4n) is 4.26. The molecule has 5 rings (SSSR count). The number of aromatic amines is 3. The molecule has 12 heteroatoms. The van der Waals surface area contributed by atoms with Gasteiger partial charge in [-0.15, -0.1) is 0 Å². The van der Waals surface area contributed by atoms with Crippen molar-refractivity contribution in [2.24, 2.45) is 0 Å². The summed E-state index contributed by atoms with van der Waals surface area (Å²) in [4.78, 5) is 11.7. The summed E-state index contributed by atoms with van der Waals surface area (Å²) in [6.45, 7) is 3.23. The van der Waals surface area contributed by atoms with Crippen LogP contribution < -0.4 is 21.5 Å². The monoisotopic (exact) mass is 531 g/mol. The Hall–Kier alpha value is -4.55. The van der Waals surface area contributed by atoms with Gasteiger partial charge < -0.3 is 20.7 Å². The zero-order valence-corrected chi connectivity index (χ0v) is 21.3. The first-order valence-corrected chi connectivity index (χ1v) is 12.7. The Morgan fingerprint density at radius 3 is 2.64 bits per heavy atom. The molecule has 0 atom stereocenters. The van der Waals surface area contributed by atoms with Gasteiger partial charge >= 0.3 is 0 Å². The van der Waals surface area contributed by atoms with E-state index in [0.717, 1.165) is 58.4 Å². The molecule has 202 valence electrons. The van der Waals surface area contributed by atoms with E-state index in [-0.39, 0.29) is 11.4 Å². The molecule has 0 bridgehead atoms. The van der Waals surface area contributed by atoms with E-state index >= 15 is 0 Å². The number of benzene rings is 2. The maximum absolute atomic E-state index is 14.0. The Morgan fingerprint density at radius 1 is 0.846 bits per heavy atom. The van der Waals surface area contributed by atoms with Gasteiger partial charge in [0.2, 0.25) is 0 Å². The minimum Gasteiger partial charge on any atom is -0.382 e. The van der Waals surface area contributed by atoms with Crippen molar-refractivity contribution >= 4 is 28.0 Å². The molecule has 6 N–H and O–H groups in total. The largest absolute Gasteiger partial charge is 0.382 e. The average molecular weight is 532 g/mol. The fraction of sp³-hybridized carbons (Fsp3) is 0.259. The number of fused-ring (bicyclic) bond motifs is 1. The van der Waals surface area contributed by atoms with Crippen molar-refractivity contribution in [1.29, 1.82) is 0 Å². The number of rotatable bonds is 14. The normalized spacial score (nSPS) is 11.2. The number of aromatic nitrogens is 6. The number of halogens is 1. The second-order valence-corrected chi connectivity index (χ2v) is 9.07. The molecule has 0 spiro atoms. The number of anilines is 3. The molecule has 5 aromatic rings. The third-order valence-electron chi connectivity index (χ3n) is 6.08. The third kappa shape index (κ3) is 7.27. The Labute approximate surface area is 223 Å². The van der Waals surface area contributed by atoms with Crippen LogP contribution in [0.3, 0.4) is 0 Å². The summed E-state index contributed by atoms with van der Waals surface area (Å²) in [6.07, 6.45) is 8.61. The molecule has 0 unspecified atom stereocenters. The SMILES string of the molecule is O=c1cc(-c2cc(NCCOCCCCNCc3cc(F)cc(Nc4cn[nH]c4)c3)c3cn[nH]c3c2)cn[nH]1. The molecule has 0 saturated heterocycles. The van der Waals surface area contributed by atoms with Crippen LogP contribution in [-0.4, -0.2) is 56.9 Å². The molecule has 0 saturated carbocycles. The molecule has 0 aliphatic heterocycles. The molecule has 39 heavy (non-hydrogen) atoms. The van der Waals surface area contributed by atoms with Gasteiger partial charge in [-0.25, -0.2) is 9.49 Å². The van der Waals surface area contributed by atoms with Crippen LogP contribution in [0.15, 0.2) is 66.0 Å². The molecule has 0 fully saturated rings. The van der Waals surface area contributed by atoms with E-state index in [0.29, 0.717) is 32.0 Å². The third-order valence-corrected chi connectivity index (χ3v) is 6.08.